The van der Waals surface area contributed by atoms with Gasteiger partial charge in [-0.1, -0.05) is 0 Å². The maximum absolute atomic E-state index is 13.1. The Morgan fingerprint density at radius 3 is 1.85 bits per heavy atom. The predicted octanol–water partition coefficient (Wildman–Crippen LogP) is -0.574. The molecule has 1 N–H and O–H groups in total. The third-order valence-electron chi connectivity index (χ3n) is 2.36. The van der Waals surface area contributed by atoms with Crippen molar-refractivity contribution >= 4 is 17.9 Å². The summed E-state index contributed by atoms with van der Waals surface area (Å²) in [5.41, 5.74) is 0. The Morgan fingerprint density at radius 2 is 1.45 bits per heavy atom. The first kappa shape index (κ1) is 16.3. The predicted molar refractivity (Wildman–Crippen MR) is 58.6 cm³/mol. The molecule has 114 valence electrons. The Bertz CT molecular complexity index is 396. The van der Waals surface area contributed by atoms with E-state index in [2.05, 4.69) is 0 Å². The van der Waals surface area contributed by atoms with Gasteiger partial charge in [0.15, 0.2) is 12.2 Å². The highest BCUT2D eigenvalue weighted by molar-refractivity contribution is 5.68. The second kappa shape index (κ2) is 6.62. The molecule has 0 bridgehead atoms. The average Bonchev–Trinajstić information content (AvgIpc) is 2.56. The number of aliphatic hydroxyl groups excluding tert-OH is 1. The minimum absolute atomic E-state index is 0.775. The molecule has 1 saturated heterocycles. The lowest BCUT2D eigenvalue weighted by Crippen LogP contribution is -2.43. The molecule has 1 heterocycles. The van der Waals surface area contributed by atoms with E-state index in [9.17, 15) is 18.8 Å². The van der Waals surface area contributed by atoms with Gasteiger partial charge in [-0.15, -0.1) is 0 Å². The zero-order valence-corrected chi connectivity index (χ0v) is 11.1. The molecule has 8 nitrogen and oxygen atoms in total. The van der Waals surface area contributed by atoms with Crippen LogP contribution in [0, 0.1) is 0 Å². The fraction of sp³-hybridized carbons (Fsp3) is 0.727. The van der Waals surface area contributed by atoms with Crippen molar-refractivity contribution < 1.29 is 42.8 Å². The summed E-state index contributed by atoms with van der Waals surface area (Å²) in [6.07, 6.45) is -8.42. The molecule has 0 amide bonds. The lowest BCUT2D eigenvalue weighted by molar-refractivity contribution is -0.204. The van der Waals surface area contributed by atoms with Crippen LogP contribution < -0.4 is 0 Å². The van der Waals surface area contributed by atoms with Gasteiger partial charge in [-0.2, -0.15) is 0 Å². The molecular weight excluding hydrogens is 279 g/mol. The third-order valence-corrected chi connectivity index (χ3v) is 2.36. The lowest BCUT2D eigenvalue weighted by Gasteiger charge is -2.22. The molecule has 5 atom stereocenters. The Morgan fingerprint density at radius 1 is 1.00 bits per heavy atom. The minimum Gasteiger partial charge on any atom is -0.455 e. The van der Waals surface area contributed by atoms with E-state index in [0.717, 1.165) is 20.8 Å². The molecule has 0 aromatic carbocycles. The molecule has 9 heteroatoms. The molecule has 1 fully saturated rings. The van der Waals surface area contributed by atoms with Gasteiger partial charge in [0.2, 0.25) is 18.8 Å². The fourth-order valence-electron chi connectivity index (χ4n) is 1.77. The molecule has 0 spiro atoms. The molecule has 1 unspecified atom stereocenters. The largest absolute Gasteiger partial charge is 0.455 e. The number of carbonyl (C=O) groups excluding carboxylic acids is 3. The van der Waals surface area contributed by atoms with Crippen molar-refractivity contribution in [1.82, 2.24) is 0 Å². The summed E-state index contributed by atoms with van der Waals surface area (Å²) in [4.78, 5) is 33.0. The second-order valence-corrected chi connectivity index (χ2v) is 4.10. The summed E-state index contributed by atoms with van der Waals surface area (Å²) in [7, 11) is 0. The van der Waals surface area contributed by atoms with Crippen LogP contribution in [0.5, 0.6) is 0 Å². The van der Waals surface area contributed by atoms with E-state index in [1.807, 2.05) is 0 Å². The topological polar surface area (TPSA) is 108 Å². The van der Waals surface area contributed by atoms with Crippen LogP contribution in [-0.2, 0) is 33.3 Å². The number of hydrogen-bond donors (Lipinski definition) is 1. The van der Waals surface area contributed by atoms with Crippen LogP contribution in [0.2, 0.25) is 0 Å². The zero-order valence-electron chi connectivity index (χ0n) is 11.1. The first-order valence-electron chi connectivity index (χ1n) is 5.71. The number of aliphatic hydroxyl groups is 1. The Hall–Kier alpha value is -1.74. The SMILES string of the molecule is CC(=O)OC1O[C@H]([C@@H](O)F)[C@@H](OC(C)=O)[C@H]1OC(C)=O. The first-order valence-corrected chi connectivity index (χ1v) is 5.71. The summed E-state index contributed by atoms with van der Waals surface area (Å²) in [5, 5.41) is 8.98. The summed E-state index contributed by atoms with van der Waals surface area (Å²) < 4.78 is 32.3. The van der Waals surface area contributed by atoms with E-state index >= 15 is 0 Å². The van der Waals surface area contributed by atoms with Crippen molar-refractivity contribution in [2.45, 2.75) is 51.7 Å². The Labute approximate surface area is 113 Å². The van der Waals surface area contributed by atoms with E-state index < -0.39 is 48.9 Å². The standard InChI is InChI=1S/C11H15FO8/c1-4(13)17-7-8(10(12)16)20-11(19-6(3)15)9(7)18-5(2)14/h7-11,16H,1-3H3/t7-,8+,9-,10-,11?/m1/s1. The maximum Gasteiger partial charge on any atom is 0.305 e. The van der Waals surface area contributed by atoms with Crippen LogP contribution in [0.25, 0.3) is 0 Å². The fourth-order valence-corrected chi connectivity index (χ4v) is 1.77. The zero-order chi connectivity index (χ0) is 15.4. The van der Waals surface area contributed by atoms with Crippen molar-refractivity contribution in [2.24, 2.45) is 0 Å². The van der Waals surface area contributed by atoms with Crippen molar-refractivity contribution in [3.63, 3.8) is 0 Å². The molecule has 0 aromatic heterocycles. The molecule has 1 rings (SSSR count). The Balaban J connectivity index is 2.98. The van der Waals surface area contributed by atoms with Crippen LogP contribution in [-0.4, -0.2) is 54.0 Å². The van der Waals surface area contributed by atoms with Crippen molar-refractivity contribution in [3.05, 3.63) is 0 Å². The molecule has 1 aliphatic rings. The summed E-state index contributed by atoms with van der Waals surface area (Å²) in [6, 6.07) is 0. The molecular formula is C11H15FO8. The number of alkyl halides is 1. The number of esters is 3. The van der Waals surface area contributed by atoms with Gasteiger partial charge in [0.05, 0.1) is 0 Å². The molecule has 0 aliphatic carbocycles. The van der Waals surface area contributed by atoms with E-state index in [1.54, 1.807) is 0 Å². The minimum atomic E-state index is -2.52. The smallest absolute Gasteiger partial charge is 0.305 e. The van der Waals surface area contributed by atoms with Gasteiger partial charge in [0.25, 0.3) is 0 Å². The highest BCUT2D eigenvalue weighted by atomic mass is 19.1. The molecule has 0 radical (unpaired) electrons. The lowest BCUT2D eigenvalue weighted by atomic mass is 10.1. The highest BCUT2D eigenvalue weighted by Gasteiger charge is 2.53. The first-order chi connectivity index (χ1) is 9.22. The van der Waals surface area contributed by atoms with Crippen LogP contribution in [0.3, 0.4) is 0 Å². The van der Waals surface area contributed by atoms with Gasteiger partial charge < -0.3 is 24.1 Å². The quantitative estimate of drug-likeness (QED) is 0.542. The van der Waals surface area contributed by atoms with E-state index in [4.69, 9.17) is 24.1 Å². The number of hydrogen-bond acceptors (Lipinski definition) is 8. The van der Waals surface area contributed by atoms with Crippen molar-refractivity contribution in [2.75, 3.05) is 0 Å². The van der Waals surface area contributed by atoms with Gasteiger partial charge in [-0.25, -0.2) is 4.39 Å². The monoisotopic (exact) mass is 294 g/mol. The molecule has 0 aromatic rings. The van der Waals surface area contributed by atoms with E-state index in [-0.39, 0.29) is 0 Å². The van der Waals surface area contributed by atoms with Crippen LogP contribution >= 0.6 is 0 Å². The van der Waals surface area contributed by atoms with Crippen LogP contribution in [0.4, 0.5) is 4.39 Å². The van der Waals surface area contributed by atoms with Crippen molar-refractivity contribution in [3.8, 4) is 0 Å². The summed E-state index contributed by atoms with van der Waals surface area (Å²) in [6.45, 7) is 3.18. The van der Waals surface area contributed by atoms with E-state index in [0.29, 0.717) is 0 Å². The number of carbonyl (C=O) groups is 3. The maximum atomic E-state index is 13.1. The van der Waals surface area contributed by atoms with Crippen LogP contribution in [0.15, 0.2) is 0 Å². The number of ether oxygens (including phenoxy) is 4. The summed E-state index contributed by atoms with van der Waals surface area (Å²) in [5.74, 6) is -2.35. The van der Waals surface area contributed by atoms with Gasteiger partial charge in [0.1, 0.15) is 0 Å². The van der Waals surface area contributed by atoms with Gasteiger partial charge in [-0.3, -0.25) is 14.4 Å². The summed E-state index contributed by atoms with van der Waals surface area (Å²) >= 11 is 0. The van der Waals surface area contributed by atoms with Crippen molar-refractivity contribution in [1.29, 1.82) is 0 Å². The van der Waals surface area contributed by atoms with Gasteiger partial charge >= 0.3 is 17.9 Å². The molecule has 1 aliphatic heterocycles. The van der Waals surface area contributed by atoms with E-state index in [1.165, 1.54) is 0 Å². The number of rotatable bonds is 4. The second-order valence-electron chi connectivity index (χ2n) is 4.10. The molecule has 0 saturated carbocycles. The highest BCUT2D eigenvalue weighted by Crippen LogP contribution is 2.30. The Kier molecular flexibility index (Phi) is 5.40. The molecule has 20 heavy (non-hydrogen) atoms. The third kappa shape index (κ3) is 4.14. The van der Waals surface area contributed by atoms with Gasteiger partial charge in [-0.05, 0) is 0 Å². The number of halogens is 1. The average molecular weight is 294 g/mol. The normalized spacial score (nSPS) is 30.4. The van der Waals surface area contributed by atoms with Gasteiger partial charge in [0, 0.05) is 20.8 Å². The van der Waals surface area contributed by atoms with Crippen LogP contribution in [0.1, 0.15) is 20.8 Å².